The highest BCUT2D eigenvalue weighted by Crippen LogP contribution is 2.28. The van der Waals surface area contributed by atoms with Crippen molar-refractivity contribution < 1.29 is 14.3 Å². The second kappa shape index (κ2) is 5.05. The van der Waals surface area contributed by atoms with Crippen LogP contribution in [0.3, 0.4) is 0 Å². The van der Waals surface area contributed by atoms with Crippen LogP contribution < -0.4 is 5.43 Å². The van der Waals surface area contributed by atoms with Gasteiger partial charge in [0, 0.05) is 12.5 Å². The van der Waals surface area contributed by atoms with Gasteiger partial charge in [-0.25, -0.2) is 0 Å². The van der Waals surface area contributed by atoms with Gasteiger partial charge in [0.2, 0.25) is 0 Å². The number of fused-ring (bicyclic) bond motifs is 1. The Kier molecular flexibility index (Phi) is 3.62. The Hall–Kier alpha value is -1.81. The van der Waals surface area contributed by atoms with Crippen LogP contribution in [0, 0.1) is 0 Å². The molecule has 5 heteroatoms. The molecule has 0 fully saturated rings. The van der Waals surface area contributed by atoms with Gasteiger partial charge < -0.3 is 9.52 Å². The summed E-state index contributed by atoms with van der Waals surface area (Å²) in [4.78, 5) is 23.0. The summed E-state index contributed by atoms with van der Waals surface area (Å²) in [5.74, 6) is -1.14. The van der Waals surface area contributed by atoms with Gasteiger partial charge in [0.05, 0.1) is 16.3 Å². The Labute approximate surface area is 114 Å². The molecule has 1 atom stereocenters. The number of hydrogen-bond acceptors (Lipinski definition) is 3. The van der Waals surface area contributed by atoms with Gasteiger partial charge in [0.15, 0.2) is 11.0 Å². The maximum Gasteiger partial charge on any atom is 0.310 e. The molecule has 0 spiro atoms. The number of rotatable bonds is 3. The van der Waals surface area contributed by atoms with E-state index in [2.05, 4.69) is 0 Å². The van der Waals surface area contributed by atoms with E-state index in [0.29, 0.717) is 28.7 Å². The van der Waals surface area contributed by atoms with Crippen molar-refractivity contribution in [2.24, 2.45) is 0 Å². The maximum absolute atomic E-state index is 12.0. The Morgan fingerprint density at radius 1 is 1.42 bits per heavy atom. The van der Waals surface area contributed by atoms with Crippen molar-refractivity contribution in [3.63, 3.8) is 0 Å². The van der Waals surface area contributed by atoms with Crippen molar-refractivity contribution in [2.75, 3.05) is 0 Å². The highest BCUT2D eigenvalue weighted by Gasteiger charge is 2.17. The van der Waals surface area contributed by atoms with E-state index in [0.717, 1.165) is 0 Å². The number of benzene rings is 1. The molecule has 2 rings (SSSR count). The second-order valence-electron chi connectivity index (χ2n) is 4.37. The van der Waals surface area contributed by atoms with E-state index >= 15 is 0 Å². The van der Waals surface area contributed by atoms with Crippen molar-refractivity contribution in [2.45, 2.75) is 26.2 Å². The molecule has 0 aliphatic rings. The monoisotopic (exact) mass is 280 g/mol. The molecule has 1 N–H and O–H groups in total. The fraction of sp³-hybridized carbons (Fsp3) is 0.286. The number of halogens is 1. The molecule has 1 heterocycles. The summed E-state index contributed by atoms with van der Waals surface area (Å²) in [7, 11) is 0. The van der Waals surface area contributed by atoms with Gasteiger partial charge in [-0.3, -0.25) is 9.59 Å². The first-order valence-electron chi connectivity index (χ1n) is 5.93. The summed E-state index contributed by atoms with van der Waals surface area (Å²) in [5.41, 5.74) is 0.591. The minimum Gasteiger partial charge on any atom is -0.481 e. The SMILES string of the molecule is CCc1cc(=O)c2cc(C(C)C(=O)O)cc(Cl)c2o1. The first kappa shape index (κ1) is 13.6. The Bertz CT molecular complexity index is 702. The van der Waals surface area contributed by atoms with Crippen LogP contribution in [0.15, 0.2) is 27.4 Å². The molecule has 1 unspecified atom stereocenters. The zero-order valence-corrected chi connectivity index (χ0v) is 11.3. The summed E-state index contributed by atoms with van der Waals surface area (Å²) in [6.07, 6.45) is 0.592. The molecule has 2 aromatic rings. The lowest BCUT2D eigenvalue weighted by Gasteiger charge is -2.09. The fourth-order valence-electron chi connectivity index (χ4n) is 1.85. The number of aryl methyl sites for hydroxylation is 1. The Balaban J connectivity index is 2.74. The highest BCUT2D eigenvalue weighted by molar-refractivity contribution is 6.34. The summed E-state index contributed by atoms with van der Waals surface area (Å²) in [6, 6.07) is 4.48. The van der Waals surface area contributed by atoms with Crippen LogP contribution in [0.4, 0.5) is 0 Å². The van der Waals surface area contributed by atoms with Crippen LogP contribution in [0.25, 0.3) is 11.0 Å². The molecular formula is C14H13ClO4. The molecule has 0 radical (unpaired) electrons. The Morgan fingerprint density at radius 2 is 2.11 bits per heavy atom. The molecule has 19 heavy (non-hydrogen) atoms. The van der Waals surface area contributed by atoms with Crippen LogP contribution in [-0.2, 0) is 11.2 Å². The van der Waals surface area contributed by atoms with Gasteiger partial charge in [-0.15, -0.1) is 0 Å². The van der Waals surface area contributed by atoms with E-state index in [-0.39, 0.29) is 10.5 Å². The van der Waals surface area contributed by atoms with Gasteiger partial charge in [0.1, 0.15) is 5.76 Å². The van der Waals surface area contributed by atoms with Crippen molar-refractivity contribution in [3.8, 4) is 0 Å². The van der Waals surface area contributed by atoms with E-state index in [1.165, 1.54) is 18.2 Å². The minimum atomic E-state index is -0.968. The van der Waals surface area contributed by atoms with E-state index < -0.39 is 11.9 Å². The van der Waals surface area contributed by atoms with Crippen LogP contribution in [0.2, 0.25) is 5.02 Å². The number of carboxylic acids is 1. The van der Waals surface area contributed by atoms with Crippen LogP contribution in [-0.4, -0.2) is 11.1 Å². The van der Waals surface area contributed by atoms with Crippen LogP contribution >= 0.6 is 11.6 Å². The van der Waals surface area contributed by atoms with Gasteiger partial charge in [-0.1, -0.05) is 18.5 Å². The Morgan fingerprint density at radius 3 is 2.68 bits per heavy atom. The molecule has 0 aliphatic heterocycles. The molecule has 0 saturated carbocycles. The molecule has 0 aliphatic carbocycles. The molecule has 1 aromatic carbocycles. The second-order valence-corrected chi connectivity index (χ2v) is 4.78. The lowest BCUT2D eigenvalue weighted by Crippen LogP contribution is -2.09. The first-order valence-corrected chi connectivity index (χ1v) is 6.30. The number of aliphatic carboxylic acids is 1. The maximum atomic E-state index is 12.0. The summed E-state index contributed by atoms with van der Waals surface area (Å²) in [6.45, 7) is 3.42. The number of carboxylic acid groups (broad SMARTS) is 1. The number of hydrogen-bond donors (Lipinski definition) is 1. The topological polar surface area (TPSA) is 67.5 Å². The number of carbonyl (C=O) groups is 1. The summed E-state index contributed by atoms with van der Waals surface area (Å²) >= 11 is 6.09. The first-order chi connectivity index (χ1) is 8.93. The van der Waals surface area contributed by atoms with Gasteiger partial charge >= 0.3 is 5.97 Å². The zero-order valence-electron chi connectivity index (χ0n) is 10.6. The largest absolute Gasteiger partial charge is 0.481 e. The van der Waals surface area contributed by atoms with Gasteiger partial charge in [-0.2, -0.15) is 0 Å². The molecule has 1 aromatic heterocycles. The lowest BCUT2D eigenvalue weighted by atomic mass is 9.99. The van der Waals surface area contributed by atoms with E-state index in [1.54, 1.807) is 6.92 Å². The van der Waals surface area contributed by atoms with E-state index in [1.807, 2.05) is 6.92 Å². The highest BCUT2D eigenvalue weighted by atomic mass is 35.5. The predicted molar refractivity (Wildman–Crippen MR) is 72.9 cm³/mol. The van der Waals surface area contributed by atoms with Crippen molar-refractivity contribution in [1.82, 2.24) is 0 Å². The minimum absolute atomic E-state index is 0.209. The average molecular weight is 281 g/mol. The standard InChI is InChI=1S/C14H13ClO4/c1-3-9-6-12(16)10-4-8(7(2)14(17)18)5-11(15)13(10)19-9/h4-7H,3H2,1-2H3,(H,17,18). The third-order valence-corrected chi connectivity index (χ3v) is 3.36. The van der Waals surface area contributed by atoms with Gasteiger partial charge in [0.25, 0.3) is 0 Å². The smallest absolute Gasteiger partial charge is 0.310 e. The summed E-state index contributed by atoms with van der Waals surface area (Å²) < 4.78 is 5.54. The van der Waals surface area contributed by atoms with Crippen molar-refractivity contribution in [3.05, 3.63) is 44.8 Å². The fourth-order valence-corrected chi connectivity index (χ4v) is 2.12. The van der Waals surface area contributed by atoms with Crippen LogP contribution in [0.1, 0.15) is 31.1 Å². The van der Waals surface area contributed by atoms with E-state index in [4.69, 9.17) is 21.1 Å². The molecule has 0 bridgehead atoms. The molecular weight excluding hydrogens is 268 g/mol. The predicted octanol–water partition coefficient (Wildman–Crippen LogP) is 3.20. The zero-order chi connectivity index (χ0) is 14.2. The molecule has 4 nitrogen and oxygen atoms in total. The third-order valence-electron chi connectivity index (χ3n) is 3.08. The molecule has 0 saturated heterocycles. The van der Waals surface area contributed by atoms with Gasteiger partial charge in [-0.05, 0) is 24.6 Å². The van der Waals surface area contributed by atoms with Crippen molar-refractivity contribution >= 4 is 28.5 Å². The summed E-state index contributed by atoms with van der Waals surface area (Å²) in [5, 5.41) is 9.58. The van der Waals surface area contributed by atoms with Crippen LogP contribution in [0.5, 0.6) is 0 Å². The average Bonchev–Trinajstić information content (AvgIpc) is 2.38. The molecule has 0 amide bonds. The third kappa shape index (κ3) is 2.49. The van der Waals surface area contributed by atoms with Crippen molar-refractivity contribution in [1.29, 1.82) is 0 Å². The van der Waals surface area contributed by atoms with E-state index in [9.17, 15) is 9.59 Å². The molecule has 100 valence electrons. The normalized spacial score (nSPS) is 12.6. The lowest BCUT2D eigenvalue weighted by molar-refractivity contribution is -0.138. The quantitative estimate of drug-likeness (QED) is 0.937.